The number of piperidine rings is 1. The quantitative estimate of drug-likeness (QED) is 0.782. The lowest BCUT2D eigenvalue weighted by Gasteiger charge is -2.43. The number of ether oxygens (including phenoxy) is 1. The first kappa shape index (κ1) is 18.3. The van der Waals surface area contributed by atoms with Crippen LogP contribution in [0.25, 0.3) is 0 Å². The highest BCUT2D eigenvalue weighted by atomic mass is 35.5. The van der Waals surface area contributed by atoms with E-state index in [4.69, 9.17) is 4.74 Å². The number of hydrogen-bond acceptors (Lipinski definition) is 3. The summed E-state index contributed by atoms with van der Waals surface area (Å²) in [5.74, 6) is -0.0594. The average Bonchev–Trinajstić information content (AvgIpc) is 2.62. The Bertz CT molecular complexity index is 491. The van der Waals surface area contributed by atoms with Crippen LogP contribution >= 0.6 is 12.4 Å². The van der Waals surface area contributed by atoms with Crippen molar-refractivity contribution < 1.29 is 9.53 Å². The minimum atomic E-state index is -0.428. The third-order valence-corrected chi connectivity index (χ3v) is 5.62. The second kappa shape index (κ2) is 8.16. The van der Waals surface area contributed by atoms with Gasteiger partial charge in [-0.25, -0.2) is 0 Å². The van der Waals surface area contributed by atoms with Crippen LogP contribution in [0, 0.1) is 0 Å². The van der Waals surface area contributed by atoms with Gasteiger partial charge in [-0.3, -0.25) is 4.79 Å². The molecular weight excluding hydrogens is 310 g/mol. The van der Waals surface area contributed by atoms with Crippen molar-refractivity contribution in [3.05, 3.63) is 35.9 Å². The van der Waals surface area contributed by atoms with Gasteiger partial charge in [-0.05, 0) is 57.2 Å². The fraction of sp³-hybridized carbons (Fsp3) is 0.632. The molecule has 0 atom stereocenters. The van der Waals surface area contributed by atoms with E-state index in [0.717, 1.165) is 31.2 Å². The van der Waals surface area contributed by atoms with Crippen LogP contribution in [-0.2, 0) is 14.9 Å². The number of carbonyl (C=O) groups is 1. The predicted octanol–water partition coefficient (Wildman–Crippen LogP) is 3.95. The van der Waals surface area contributed by atoms with E-state index >= 15 is 0 Å². The first-order valence-electron chi connectivity index (χ1n) is 8.64. The molecule has 0 radical (unpaired) electrons. The largest absolute Gasteiger partial charge is 0.468 e. The molecule has 4 heteroatoms. The van der Waals surface area contributed by atoms with Crippen LogP contribution < -0.4 is 0 Å². The fourth-order valence-corrected chi connectivity index (χ4v) is 4.31. The lowest BCUT2D eigenvalue weighted by molar-refractivity contribution is -0.149. The Morgan fingerprint density at radius 1 is 1.09 bits per heavy atom. The second-order valence-corrected chi connectivity index (χ2v) is 6.77. The van der Waals surface area contributed by atoms with Gasteiger partial charge in [0.15, 0.2) is 0 Å². The standard InChI is InChI=1S/C19H27NO2.ClH/c1-22-18(21)19(16-8-4-2-5-9-16)12-10-17(11-13-19)20-14-6-3-7-15-20;/h2,4-5,8-9,17H,3,6-7,10-15H2,1H3;1H. The van der Waals surface area contributed by atoms with Crippen LogP contribution in [0.5, 0.6) is 0 Å². The molecule has 1 aromatic carbocycles. The molecule has 0 N–H and O–H groups in total. The van der Waals surface area contributed by atoms with E-state index in [2.05, 4.69) is 17.0 Å². The highest BCUT2D eigenvalue weighted by Crippen LogP contribution is 2.42. The van der Waals surface area contributed by atoms with Gasteiger partial charge in [0.05, 0.1) is 12.5 Å². The third-order valence-electron chi connectivity index (χ3n) is 5.62. The predicted molar refractivity (Wildman–Crippen MR) is 95.1 cm³/mol. The van der Waals surface area contributed by atoms with Crippen molar-refractivity contribution in [1.82, 2.24) is 4.90 Å². The summed E-state index contributed by atoms with van der Waals surface area (Å²) < 4.78 is 5.18. The highest BCUT2D eigenvalue weighted by Gasteiger charge is 2.45. The van der Waals surface area contributed by atoms with Crippen molar-refractivity contribution in [2.24, 2.45) is 0 Å². The molecule has 1 aliphatic carbocycles. The van der Waals surface area contributed by atoms with Gasteiger partial charge in [0.2, 0.25) is 0 Å². The van der Waals surface area contributed by atoms with Crippen molar-refractivity contribution in [3.8, 4) is 0 Å². The number of methoxy groups -OCH3 is 1. The van der Waals surface area contributed by atoms with Crippen LogP contribution in [0.3, 0.4) is 0 Å². The zero-order valence-electron chi connectivity index (χ0n) is 14.0. The van der Waals surface area contributed by atoms with Gasteiger partial charge in [-0.2, -0.15) is 0 Å². The van der Waals surface area contributed by atoms with Gasteiger partial charge in [-0.1, -0.05) is 36.8 Å². The fourth-order valence-electron chi connectivity index (χ4n) is 4.31. The first-order valence-corrected chi connectivity index (χ1v) is 8.64. The smallest absolute Gasteiger partial charge is 0.316 e. The molecule has 1 aromatic rings. The van der Waals surface area contributed by atoms with Crippen molar-refractivity contribution in [2.45, 2.75) is 56.4 Å². The molecule has 2 aliphatic rings. The van der Waals surface area contributed by atoms with Crippen LogP contribution in [-0.4, -0.2) is 37.1 Å². The van der Waals surface area contributed by atoms with Gasteiger partial charge in [-0.15, -0.1) is 12.4 Å². The number of benzene rings is 1. The number of likely N-dealkylation sites (tertiary alicyclic amines) is 1. The molecule has 1 aliphatic heterocycles. The molecule has 1 saturated carbocycles. The number of hydrogen-bond donors (Lipinski definition) is 0. The number of rotatable bonds is 3. The van der Waals surface area contributed by atoms with Crippen LogP contribution in [0.2, 0.25) is 0 Å². The molecular formula is C19H28ClNO2. The summed E-state index contributed by atoms with van der Waals surface area (Å²) in [5.41, 5.74) is 0.696. The van der Waals surface area contributed by atoms with E-state index in [9.17, 15) is 4.79 Å². The van der Waals surface area contributed by atoms with E-state index in [0.29, 0.717) is 6.04 Å². The van der Waals surface area contributed by atoms with E-state index in [1.807, 2.05) is 18.2 Å². The van der Waals surface area contributed by atoms with E-state index in [1.165, 1.54) is 39.5 Å². The summed E-state index contributed by atoms with van der Waals surface area (Å²) in [7, 11) is 1.52. The summed E-state index contributed by atoms with van der Waals surface area (Å²) in [6.07, 6.45) is 8.05. The monoisotopic (exact) mass is 337 g/mol. The molecule has 0 aromatic heterocycles. The third kappa shape index (κ3) is 3.72. The molecule has 0 bridgehead atoms. The van der Waals surface area contributed by atoms with Crippen molar-refractivity contribution in [1.29, 1.82) is 0 Å². The lowest BCUT2D eigenvalue weighted by Crippen LogP contribution is -2.47. The summed E-state index contributed by atoms with van der Waals surface area (Å²) in [6.45, 7) is 2.47. The second-order valence-electron chi connectivity index (χ2n) is 6.77. The molecule has 2 fully saturated rings. The van der Waals surface area contributed by atoms with Crippen molar-refractivity contribution in [2.75, 3.05) is 20.2 Å². The lowest BCUT2D eigenvalue weighted by atomic mass is 9.68. The molecule has 0 amide bonds. The van der Waals surface area contributed by atoms with Gasteiger partial charge < -0.3 is 9.64 Å². The Kier molecular flexibility index (Phi) is 6.49. The van der Waals surface area contributed by atoms with Crippen molar-refractivity contribution in [3.63, 3.8) is 0 Å². The van der Waals surface area contributed by atoms with Gasteiger partial charge in [0.25, 0.3) is 0 Å². The Morgan fingerprint density at radius 2 is 1.70 bits per heavy atom. The minimum absolute atomic E-state index is 0. The SMILES string of the molecule is COC(=O)C1(c2ccccc2)CCC(N2CCCCC2)CC1.Cl. The molecule has 0 spiro atoms. The number of carbonyl (C=O) groups excluding carboxylic acids is 1. The number of halogens is 1. The van der Waals surface area contributed by atoms with Crippen molar-refractivity contribution >= 4 is 18.4 Å². The zero-order chi connectivity index (χ0) is 15.4. The van der Waals surface area contributed by atoms with Crippen LogP contribution in [0.4, 0.5) is 0 Å². The van der Waals surface area contributed by atoms with Gasteiger partial charge in [0, 0.05) is 6.04 Å². The Balaban J connectivity index is 0.00000192. The van der Waals surface area contributed by atoms with Crippen LogP contribution in [0.1, 0.15) is 50.5 Å². The molecule has 0 unspecified atom stereocenters. The van der Waals surface area contributed by atoms with E-state index < -0.39 is 5.41 Å². The summed E-state index contributed by atoms with van der Waals surface area (Å²) in [4.78, 5) is 15.2. The van der Waals surface area contributed by atoms with E-state index in [1.54, 1.807) is 0 Å². The molecule has 3 rings (SSSR count). The average molecular weight is 338 g/mol. The molecule has 23 heavy (non-hydrogen) atoms. The molecule has 128 valence electrons. The Hall–Kier alpha value is -1.06. The zero-order valence-corrected chi connectivity index (χ0v) is 14.8. The summed E-state index contributed by atoms with van der Waals surface area (Å²) in [5, 5.41) is 0. The minimum Gasteiger partial charge on any atom is -0.468 e. The number of esters is 1. The molecule has 1 saturated heterocycles. The van der Waals surface area contributed by atoms with E-state index in [-0.39, 0.29) is 18.4 Å². The van der Waals surface area contributed by atoms with Crippen LogP contribution in [0.15, 0.2) is 30.3 Å². The number of nitrogens with zero attached hydrogens (tertiary/aromatic N) is 1. The normalized spacial score (nSPS) is 28.7. The first-order chi connectivity index (χ1) is 10.8. The van der Waals surface area contributed by atoms with Gasteiger partial charge in [0.1, 0.15) is 0 Å². The summed E-state index contributed by atoms with van der Waals surface area (Å²) in [6, 6.07) is 10.9. The van der Waals surface area contributed by atoms with Gasteiger partial charge >= 0.3 is 5.97 Å². The Labute approximate surface area is 145 Å². The summed E-state index contributed by atoms with van der Waals surface area (Å²) >= 11 is 0. The highest BCUT2D eigenvalue weighted by molar-refractivity contribution is 5.85. The maximum atomic E-state index is 12.5. The Morgan fingerprint density at radius 3 is 2.26 bits per heavy atom. The topological polar surface area (TPSA) is 29.5 Å². The molecule has 1 heterocycles. The maximum Gasteiger partial charge on any atom is 0.316 e. The maximum absolute atomic E-state index is 12.5. The molecule has 3 nitrogen and oxygen atoms in total.